The van der Waals surface area contributed by atoms with E-state index in [0.717, 1.165) is 18.4 Å². The fraction of sp³-hybridized carbons (Fsp3) is 0.429. The van der Waals surface area contributed by atoms with Crippen LogP contribution in [0.3, 0.4) is 0 Å². The Morgan fingerprint density at radius 3 is 2.33 bits per heavy atom. The molecule has 0 aliphatic heterocycles. The van der Waals surface area contributed by atoms with Gasteiger partial charge in [0.15, 0.2) is 5.60 Å². The molecule has 0 radical (unpaired) electrons. The molecular weight excluding hydrogens is 184 g/mol. The van der Waals surface area contributed by atoms with Gasteiger partial charge in [-0.25, -0.2) is 0 Å². The number of hydrogen-bond acceptors (Lipinski definition) is 1. The van der Waals surface area contributed by atoms with Crippen LogP contribution in [0.5, 0.6) is 0 Å². The molecule has 1 aliphatic carbocycles. The molecule has 0 amide bonds. The van der Waals surface area contributed by atoms with Gasteiger partial charge in [-0.1, -0.05) is 49.1 Å². The topological polar surface area (TPSA) is 20.2 Å². The van der Waals surface area contributed by atoms with Crippen LogP contribution in [-0.4, -0.2) is 5.11 Å². The van der Waals surface area contributed by atoms with E-state index in [1.54, 1.807) is 0 Å². The summed E-state index contributed by atoms with van der Waals surface area (Å²) in [5.41, 5.74) is -0.197. The van der Waals surface area contributed by atoms with E-state index in [1.807, 2.05) is 30.3 Å². The SMILES string of the molecule is C#CC(O)(c1ccccc1)C1CCCC1. The molecule has 78 valence electrons. The highest BCUT2D eigenvalue weighted by molar-refractivity contribution is 5.31. The third-order valence-corrected chi connectivity index (χ3v) is 3.38. The fourth-order valence-corrected chi connectivity index (χ4v) is 2.47. The highest BCUT2D eigenvalue weighted by Crippen LogP contribution is 2.39. The van der Waals surface area contributed by atoms with Crippen LogP contribution in [0.15, 0.2) is 30.3 Å². The Labute approximate surface area is 91.1 Å². The van der Waals surface area contributed by atoms with Gasteiger partial charge in [-0.05, 0) is 18.4 Å². The van der Waals surface area contributed by atoms with Gasteiger partial charge in [-0.15, -0.1) is 6.42 Å². The molecule has 0 saturated heterocycles. The van der Waals surface area contributed by atoms with Crippen LogP contribution in [0.1, 0.15) is 31.2 Å². The molecule has 1 aliphatic rings. The Morgan fingerprint density at radius 1 is 1.20 bits per heavy atom. The predicted octanol–water partition coefficient (Wildman–Crippen LogP) is 2.70. The molecule has 1 aromatic rings. The zero-order chi connectivity index (χ0) is 10.7. The van der Waals surface area contributed by atoms with E-state index >= 15 is 0 Å². The van der Waals surface area contributed by atoms with Crippen molar-refractivity contribution in [2.75, 3.05) is 0 Å². The smallest absolute Gasteiger partial charge is 0.153 e. The van der Waals surface area contributed by atoms with Gasteiger partial charge in [0, 0.05) is 5.92 Å². The molecule has 0 aromatic heterocycles. The van der Waals surface area contributed by atoms with Gasteiger partial charge >= 0.3 is 0 Å². The molecule has 2 rings (SSSR count). The summed E-state index contributed by atoms with van der Waals surface area (Å²) < 4.78 is 0. The van der Waals surface area contributed by atoms with Gasteiger partial charge < -0.3 is 5.11 Å². The van der Waals surface area contributed by atoms with Crippen LogP contribution in [0, 0.1) is 18.3 Å². The minimum atomic E-state index is -1.06. The van der Waals surface area contributed by atoms with Crippen LogP contribution in [0.25, 0.3) is 0 Å². The molecule has 0 bridgehead atoms. The first-order valence-corrected chi connectivity index (χ1v) is 5.53. The lowest BCUT2D eigenvalue weighted by atomic mass is 9.81. The fourth-order valence-electron chi connectivity index (χ4n) is 2.47. The molecule has 1 unspecified atom stereocenters. The summed E-state index contributed by atoms with van der Waals surface area (Å²) in [5.74, 6) is 2.82. The maximum absolute atomic E-state index is 10.6. The summed E-state index contributed by atoms with van der Waals surface area (Å²) in [5, 5.41) is 10.6. The van der Waals surface area contributed by atoms with Crippen LogP contribution < -0.4 is 0 Å². The number of rotatable bonds is 2. The molecule has 0 spiro atoms. The molecule has 1 aromatic carbocycles. The van der Waals surface area contributed by atoms with Crippen LogP contribution in [0.2, 0.25) is 0 Å². The second-order valence-electron chi connectivity index (χ2n) is 4.26. The van der Waals surface area contributed by atoms with Crippen molar-refractivity contribution in [3.05, 3.63) is 35.9 Å². The van der Waals surface area contributed by atoms with Crippen molar-refractivity contribution in [2.24, 2.45) is 5.92 Å². The van der Waals surface area contributed by atoms with Crippen LogP contribution >= 0.6 is 0 Å². The lowest BCUT2D eigenvalue weighted by Crippen LogP contribution is -2.31. The average Bonchev–Trinajstić information content (AvgIpc) is 2.83. The number of benzene rings is 1. The van der Waals surface area contributed by atoms with Crippen molar-refractivity contribution in [3.63, 3.8) is 0 Å². The van der Waals surface area contributed by atoms with Crippen molar-refractivity contribution < 1.29 is 5.11 Å². The lowest BCUT2D eigenvalue weighted by Gasteiger charge is -2.29. The van der Waals surface area contributed by atoms with Crippen molar-refractivity contribution in [1.29, 1.82) is 0 Å². The van der Waals surface area contributed by atoms with Crippen molar-refractivity contribution in [1.82, 2.24) is 0 Å². The maximum Gasteiger partial charge on any atom is 0.153 e. The van der Waals surface area contributed by atoms with E-state index in [9.17, 15) is 5.11 Å². The molecule has 1 N–H and O–H groups in total. The number of aliphatic hydroxyl groups is 1. The Bertz CT molecular complexity index is 357. The van der Waals surface area contributed by atoms with Crippen LogP contribution in [-0.2, 0) is 5.60 Å². The Kier molecular flexibility index (Phi) is 2.79. The van der Waals surface area contributed by atoms with E-state index in [2.05, 4.69) is 5.92 Å². The van der Waals surface area contributed by atoms with Gasteiger partial charge in [0.05, 0.1) is 0 Å². The molecular formula is C14H16O. The Balaban J connectivity index is 2.33. The zero-order valence-electron chi connectivity index (χ0n) is 8.82. The van der Waals surface area contributed by atoms with Gasteiger partial charge in [0.2, 0.25) is 0 Å². The molecule has 1 heteroatoms. The Morgan fingerprint density at radius 2 is 1.80 bits per heavy atom. The molecule has 1 nitrogen and oxygen atoms in total. The number of terminal acetylenes is 1. The second-order valence-corrected chi connectivity index (χ2v) is 4.26. The van der Waals surface area contributed by atoms with E-state index in [-0.39, 0.29) is 5.92 Å². The maximum atomic E-state index is 10.6. The summed E-state index contributed by atoms with van der Waals surface area (Å²) in [6, 6.07) is 9.62. The Hall–Kier alpha value is -1.26. The molecule has 1 atom stereocenters. The molecule has 1 saturated carbocycles. The predicted molar refractivity (Wildman–Crippen MR) is 61.1 cm³/mol. The first-order valence-electron chi connectivity index (χ1n) is 5.53. The summed E-state index contributed by atoms with van der Waals surface area (Å²) in [4.78, 5) is 0. The van der Waals surface area contributed by atoms with Crippen molar-refractivity contribution in [3.8, 4) is 12.3 Å². The first kappa shape index (κ1) is 10.3. The summed E-state index contributed by atoms with van der Waals surface area (Å²) in [6.07, 6.45) is 9.96. The first-order chi connectivity index (χ1) is 7.27. The van der Waals surface area contributed by atoms with E-state index < -0.39 is 5.60 Å². The van der Waals surface area contributed by atoms with E-state index in [1.165, 1.54) is 12.8 Å². The lowest BCUT2D eigenvalue weighted by molar-refractivity contribution is 0.0370. The largest absolute Gasteiger partial charge is 0.373 e. The third kappa shape index (κ3) is 1.78. The minimum Gasteiger partial charge on any atom is -0.373 e. The van der Waals surface area contributed by atoms with Gasteiger partial charge in [-0.2, -0.15) is 0 Å². The highest BCUT2D eigenvalue weighted by atomic mass is 16.3. The highest BCUT2D eigenvalue weighted by Gasteiger charge is 2.37. The van der Waals surface area contributed by atoms with Gasteiger partial charge in [0.1, 0.15) is 0 Å². The summed E-state index contributed by atoms with van der Waals surface area (Å²) in [7, 11) is 0. The monoisotopic (exact) mass is 200 g/mol. The third-order valence-electron chi connectivity index (χ3n) is 3.38. The van der Waals surface area contributed by atoms with Crippen LogP contribution in [0.4, 0.5) is 0 Å². The summed E-state index contributed by atoms with van der Waals surface area (Å²) >= 11 is 0. The molecule has 1 fully saturated rings. The van der Waals surface area contributed by atoms with Gasteiger partial charge in [0.25, 0.3) is 0 Å². The quantitative estimate of drug-likeness (QED) is 0.728. The standard InChI is InChI=1S/C14H16O/c1-2-14(15,13-10-6-7-11-13)12-8-4-3-5-9-12/h1,3-5,8-9,13,15H,6-7,10-11H2. The normalized spacial score (nSPS) is 20.8. The minimum absolute atomic E-state index is 0.227. The van der Waals surface area contributed by atoms with Crippen molar-refractivity contribution in [2.45, 2.75) is 31.3 Å². The molecule has 0 heterocycles. The second kappa shape index (κ2) is 4.08. The average molecular weight is 200 g/mol. The van der Waals surface area contributed by atoms with Gasteiger partial charge in [-0.3, -0.25) is 0 Å². The zero-order valence-corrected chi connectivity index (χ0v) is 8.82. The summed E-state index contributed by atoms with van der Waals surface area (Å²) in [6.45, 7) is 0. The van der Waals surface area contributed by atoms with Crippen molar-refractivity contribution >= 4 is 0 Å². The number of hydrogen-bond donors (Lipinski definition) is 1. The van der Waals surface area contributed by atoms with E-state index in [4.69, 9.17) is 6.42 Å². The van der Waals surface area contributed by atoms with E-state index in [0.29, 0.717) is 0 Å². The molecule has 15 heavy (non-hydrogen) atoms.